The fourth-order valence-corrected chi connectivity index (χ4v) is 1.20. The second-order valence-electron chi connectivity index (χ2n) is 3.60. The molecule has 0 aromatic carbocycles. The molecular weight excluding hydrogens is 164 g/mol. The Morgan fingerprint density at radius 3 is 2.85 bits per heavy atom. The highest BCUT2D eigenvalue weighted by Crippen LogP contribution is 2.07. The molecule has 0 spiro atoms. The Balaban J connectivity index is 2.60. The van der Waals surface area contributed by atoms with E-state index in [1.165, 1.54) is 0 Å². The smallest absolute Gasteiger partial charge is 0.0949 e. The Labute approximate surface area is 79.4 Å². The highest BCUT2D eigenvalue weighted by Gasteiger charge is 2.05. The molecule has 4 nitrogen and oxygen atoms in total. The van der Waals surface area contributed by atoms with Gasteiger partial charge in [0.1, 0.15) is 0 Å². The van der Waals surface area contributed by atoms with Crippen molar-refractivity contribution in [3.05, 3.63) is 18.2 Å². The lowest BCUT2D eigenvalue weighted by Crippen LogP contribution is -2.20. The average Bonchev–Trinajstić information content (AvgIpc) is 2.47. The van der Waals surface area contributed by atoms with Gasteiger partial charge in [-0.15, -0.1) is 0 Å². The number of likely N-dealkylation sites (N-methyl/N-ethyl adjacent to an activating group) is 1. The third-order valence-corrected chi connectivity index (χ3v) is 2.00. The van der Waals surface area contributed by atoms with Gasteiger partial charge in [0.2, 0.25) is 0 Å². The molecular formula is C9H18N4. The van der Waals surface area contributed by atoms with Crippen LogP contribution in [0.25, 0.3) is 0 Å². The zero-order chi connectivity index (χ0) is 9.84. The number of imidazole rings is 1. The first-order chi connectivity index (χ1) is 6.11. The SMILES string of the molecule is CC(N)c1cncn1CCN(C)C. The first-order valence-electron chi connectivity index (χ1n) is 4.51. The third-order valence-electron chi connectivity index (χ3n) is 2.00. The van der Waals surface area contributed by atoms with Gasteiger partial charge in [-0.3, -0.25) is 0 Å². The number of hydrogen-bond acceptors (Lipinski definition) is 3. The van der Waals surface area contributed by atoms with Crippen molar-refractivity contribution in [3.8, 4) is 0 Å². The van der Waals surface area contributed by atoms with Crippen LogP contribution in [0.5, 0.6) is 0 Å². The van der Waals surface area contributed by atoms with Crippen molar-refractivity contribution in [2.24, 2.45) is 5.73 Å². The van der Waals surface area contributed by atoms with Gasteiger partial charge in [-0.1, -0.05) is 0 Å². The van der Waals surface area contributed by atoms with Crippen LogP contribution in [0.2, 0.25) is 0 Å². The van der Waals surface area contributed by atoms with E-state index in [1.54, 1.807) is 0 Å². The van der Waals surface area contributed by atoms with Gasteiger partial charge in [-0.25, -0.2) is 4.98 Å². The summed E-state index contributed by atoms with van der Waals surface area (Å²) in [6.45, 7) is 3.93. The summed E-state index contributed by atoms with van der Waals surface area (Å²) in [5.74, 6) is 0. The molecule has 1 unspecified atom stereocenters. The van der Waals surface area contributed by atoms with Gasteiger partial charge in [0.25, 0.3) is 0 Å². The van der Waals surface area contributed by atoms with Gasteiger partial charge in [0, 0.05) is 25.3 Å². The van der Waals surface area contributed by atoms with Gasteiger partial charge in [0.15, 0.2) is 0 Å². The quantitative estimate of drug-likeness (QED) is 0.736. The number of hydrogen-bond donors (Lipinski definition) is 1. The van der Waals surface area contributed by atoms with E-state index in [0.29, 0.717) is 0 Å². The summed E-state index contributed by atoms with van der Waals surface area (Å²) in [5, 5.41) is 0. The molecule has 1 aromatic rings. The molecule has 0 bridgehead atoms. The molecule has 13 heavy (non-hydrogen) atoms. The largest absolute Gasteiger partial charge is 0.332 e. The first-order valence-corrected chi connectivity index (χ1v) is 4.51. The maximum atomic E-state index is 5.79. The molecule has 0 fully saturated rings. The fourth-order valence-electron chi connectivity index (χ4n) is 1.20. The maximum Gasteiger partial charge on any atom is 0.0949 e. The van der Waals surface area contributed by atoms with Gasteiger partial charge in [0.05, 0.1) is 12.0 Å². The lowest BCUT2D eigenvalue weighted by molar-refractivity contribution is 0.379. The lowest BCUT2D eigenvalue weighted by atomic mass is 10.3. The molecule has 0 radical (unpaired) electrons. The Hall–Kier alpha value is -0.870. The highest BCUT2D eigenvalue weighted by atomic mass is 15.1. The number of nitrogens with zero attached hydrogens (tertiary/aromatic N) is 3. The van der Waals surface area contributed by atoms with E-state index in [-0.39, 0.29) is 6.04 Å². The second kappa shape index (κ2) is 4.39. The van der Waals surface area contributed by atoms with Crippen LogP contribution in [0.3, 0.4) is 0 Å². The van der Waals surface area contributed by atoms with E-state index in [4.69, 9.17) is 5.73 Å². The molecule has 1 aromatic heterocycles. The summed E-state index contributed by atoms with van der Waals surface area (Å²) >= 11 is 0. The van der Waals surface area contributed by atoms with Crippen molar-refractivity contribution in [2.75, 3.05) is 20.6 Å². The van der Waals surface area contributed by atoms with Crippen molar-refractivity contribution in [1.29, 1.82) is 0 Å². The molecule has 1 rings (SSSR count). The summed E-state index contributed by atoms with van der Waals surface area (Å²) in [6, 6.07) is 0.0599. The summed E-state index contributed by atoms with van der Waals surface area (Å²) in [6.07, 6.45) is 3.67. The normalized spacial score (nSPS) is 13.6. The van der Waals surface area contributed by atoms with Gasteiger partial charge < -0.3 is 15.2 Å². The van der Waals surface area contributed by atoms with Crippen LogP contribution >= 0.6 is 0 Å². The Morgan fingerprint density at radius 2 is 2.31 bits per heavy atom. The predicted octanol–water partition coefficient (Wildman–Crippen LogP) is 0.464. The Kier molecular flexibility index (Phi) is 3.45. The summed E-state index contributed by atoms with van der Waals surface area (Å²) < 4.78 is 2.10. The van der Waals surface area contributed by atoms with Crippen molar-refractivity contribution in [3.63, 3.8) is 0 Å². The standard InChI is InChI=1S/C9H18N4/c1-8(10)9-6-11-7-13(9)5-4-12(2)3/h6-8H,4-5,10H2,1-3H3. The number of aromatic nitrogens is 2. The van der Waals surface area contributed by atoms with Crippen LogP contribution < -0.4 is 5.73 Å². The molecule has 1 heterocycles. The van der Waals surface area contributed by atoms with E-state index in [2.05, 4.69) is 28.5 Å². The van der Waals surface area contributed by atoms with Gasteiger partial charge >= 0.3 is 0 Å². The van der Waals surface area contributed by atoms with Crippen molar-refractivity contribution in [1.82, 2.24) is 14.5 Å². The molecule has 0 saturated heterocycles. The molecule has 0 aliphatic heterocycles. The minimum atomic E-state index is 0.0599. The van der Waals surface area contributed by atoms with Crippen molar-refractivity contribution in [2.45, 2.75) is 19.5 Å². The fraction of sp³-hybridized carbons (Fsp3) is 0.667. The highest BCUT2D eigenvalue weighted by molar-refractivity contribution is 5.02. The average molecular weight is 182 g/mol. The van der Waals surface area contributed by atoms with E-state index < -0.39 is 0 Å². The maximum absolute atomic E-state index is 5.79. The minimum absolute atomic E-state index is 0.0599. The van der Waals surface area contributed by atoms with Crippen LogP contribution in [0, 0.1) is 0 Å². The monoisotopic (exact) mass is 182 g/mol. The van der Waals surface area contributed by atoms with E-state index >= 15 is 0 Å². The molecule has 4 heteroatoms. The zero-order valence-corrected chi connectivity index (χ0v) is 8.57. The van der Waals surface area contributed by atoms with Crippen LogP contribution in [-0.4, -0.2) is 35.1 Å². The summed E-state index contributed by atoms with van der Waals surface area (Å²) in [7, 11) is 4.12. The van der Waals surface area contributed by atoms with E-state index in [0.717, 1.165) is 18.8 Å². The van der Waals surface area contributed by atoms with Crippen molar-refractivity contribution >= 4 is 0 Å². The molecule has 0 saturated carbocycles. The van der Waals surface area contributed by atoms with Crippen LogP contribution in [0.4, 0.5) is 0 Å². The number of nitrogens with two attached hydrogens (primary N) is 1. The summed E-state index contributed by atoms with van der Waals surface area (Å²) in [5.41, 5.74) is 6.89. The molecule has 0 aliphatic carbocycles. The molecule has 74 valence electrons. The zero-order valence-electron chi connectivity index (χ0n) is 8.57. The first kappa shape index (κ1) is 10.2. The molecule has 2 N–H and O–H groups in total. The predicted molar refractivity (Wildman–Crippen MR) is 53.4 cm³/mol. The van der Waals surface area contributed by atoms with Crippen LogP contribution in [0.15, 0.2) is 12.5 Å². The number of rotatable bonds is 4. The Morgan fingerprint density at radius 1 is 1.62 bits per heavy atom. The van der Waals surface area contributed by atoms with Crippen LogP contribution in [0.1, 0.15) is 18.7 Å². The van der Waals surface area contributed by atoms with Gasteiger partial charge in [-0.05, 0) is 21.0 Å². The van der Waals surface area contributed by atoms with E-state index in [9.17, 15) is 0 Å². The molecule has 0 aliphatic rings. The Bertz CT molecular complexity index is 252. The van der Waals surface area contributed by atoms with Gasteiger partial charge in [-0.2, -0.15) is 0 Å². The topological polar surface area (TPSA) is 47.1 Å². The van der Waals surface area contributed by atoms with Crippen LogP contribution in [-0.2, 0) is 6.54 Å². The minimum Gasteiger partial charge on any atom is -0.332 e. The molecule has 0 amide bonds. The second-order valence-corrected chi connectivity index (χ2v) is 3.60. The lowest BCUT2D eigenvalue weighted by Gasteiger charge is -2.13. The third kappa shape index (κ3) is 2.82. The van der Waals surface area contributed by atoms with E-state index in [1.807, 2.05) is 19.4 Å². The summed E-state index contributed by atoms with van der Waals surface area (Å²) in [4.78, 5) is 6.23. The van der Waals surface area contributed by atoms with Crippen molar-refractivity contribution < 1.29 is 0 Å². The molecule has 1 atom stereocenters.